The van der Waals surface area contributed by atoms with E-state index in [0.29, 0.717) is 0 Å². The van der Waals surface area contributed by atoms with Crippen molar-refractivity contribution in [3.8, 4) is 0 Å². The lowest BCUT2D eigenvalue weighted by atomic mass is 10.5. The van der Waals surface area contributed by atoms with E-state index < -0.39 is 16.1 Å². The first-order valence-corrected chi connectivity index (χ1v) is 12.1. The summed E-state index contributed by atoms with van der Waals surface area (Å²) >= 11 is 0. The van der Waals surface area contributed by atoms with Gasteiger partial charge in [0.25, 0.3) is 0 Å². The highest BCUT2D eigenvalue weighted by Gasteiger charge is 2.30. The maximum atomic E-state index is 5.80. The molecule has 0 unspecified atom stereocenters. The van der Waals surface area contributed by atoms with E-state index in [1.54, 1.807) is 0 Å². The number of hydrogen-bond acceptors (Lipinski definition) is 3. The van der Waals surface area contributed by atoms with E-state index in [1.807, 2.05) is 7.05 Å². The van der Waals surface area contributed by atoms with Crippen LogP contribution in [-0.2, 0) is 8.23 Å². The van der Waals surface area contributed by atoms with Gasteiger partial charge in [-0.2, -0.15) is 0 Å². The van der Waals surface area contributed by atoms with E-state index in [9.17, 15) is 0 Å². The van der Waals surface area contributed by atoms with E-state index >= 15 is 0 Å². The fourth-order valence-corrected chi connectivity index (χ4v) is 10.8. The van der Waals surface area contributed by atoms with Crippen LogP contribution in [0.25, 0.3) is 0 Å². The Morgan fingerprint density at radius 3 is 2.50 bits per heavy atom. The Bertz CT molecular complexity index is 142. The van der Waals surface area contributed by atoms with Gasteiger partial charge in [0.05, 0.1) is 7.59 Å². The van der Waals surface area contributed by atoms with Gasteiger partial charge in [0.1, 0.15) is 0 Å². The van der Waals surface area contributed by atoms with Crippen molar-refractivity contribution in [2.75, 3.05) is 13.6 Å². The van der Waals surface area contributed by atoms with Crippen LogP contribution < -0.4 is 5.32 Å². The van der Waals surface area contributed by atoms with Crippen LogP contribution in [0.4, 0.5) is 0 Å². The SMILES string of the molecule is CNCCC[Si](O[Si]O[Si])[Si](C)(C)C. The molecule has 0 heterocycles. The second kappa shape index (κ2) is 7.96. The summed E-state index contributed by atoms with van der Waals surface area (Å²) in [5, 5.41) is 3.17. The maximum Gasteiger partial charge on any atom is 0.409 e. The molecule has 0 saturated heterocycles. The molecule has 0 aliphatic heterocycles. The van der Waals surface area contributed by atoms with Crippen LogP contribution in [-0.4, -0.2) is 50.2 Å². The highest BCUT2D eigenvalue weighted by molar-refractivity contribution is 7.29. The summed E-state index contributed by atoms with van der Waals surface area (Å²) in [6.45, 7) is 8.20. The molecule has 0 saturated carbocycles. The number of hydrogen-bond donors (Lipinski definition) is 1. The Hall–Kier alpha value is 0.748. The summed E-state index contributed by atoms with van der Waals surface area (Å²) in [5.74, 6) is 0. The Morgan fingerprint density at radius 2 is 2.07 bits per heavy atom. The first-order valence-electron chi connectivity index (χ1n) is 4.77. The largest absolute Gasteiger partial charge is 0.437 e. The second-order valence-corrected chi connectivity index (χ2v) is 18.0. The molecule has 3 nitrogen and oxygen atoms in total. The van der Waals surface area contributed by atoms with Gasteiger partial charge in [-0.05, 0) is 26.1 Å². The average molecular weight is 262 g/mol. The molecular formula is C7H19NO2Si4. The minimum atomic E-state index is -1.12. The van der Waals surface area contributed by atoms with Gasteiger partial charge in [-0.25, -0.2) is 0 Å². The van der Waals surface area contributed by atoms with Crippen molar-refractivity contribution in [2.24, 2.45) is 0 Å². The minimum Gasteiger partial charge on any atom is -0.437 e. The molecule has 1 N–H and O–H groups in total. The molecule has 0 rings (SSSR count). The normalized spacial score (nSPS) is 12.4. The zero-order chi connectivity index (χ0) is 11.0. The Labute approximate surface area is 96.1 Å². The van der Waals surface area contributed by atoms with Crippen molar-refractivity contribution in [3.63, 3.8) is 0 Å². The summed E-state index contributed by atoms with van der Waals surface area (Å²) in [6, 6.07) is 1.23. The van der Waals surface area contributed by atoms with Crippen molar-refractivity contribution in [1.29, 1.82) is 0 Å². The van der Waals surface area contributed by atoms with Crippen molar-refractivity contribution >= 4 is 36.6 Å². The predicted octanol–water partition coefficient (Wildman–Crippen LogP) is 0.655. The second-order valence-electron chi connectivity index (χ2n) is 4.17. The molecule has 0 aliphatic rings. The minimum absolute atomic E-state index is 0.154. The molecule has 6 radical (unpaired) electrons. The quantitative estimate of drug-likeness (QED) is 0.514. The summed E-state index contributed by atoms with van der Waals surface area (Å²) in [7, 11) is 3.37. The molecule has 7 heteroatoms. The summed E-state index contributed by atoms with van der Waals surface area (Å²) in [5.41, 5.74) is 0. The topological polar surface area (TPSA) is 30.5 Å². The number of rotatable bonds is 8. The third-order valence-corrected chi connectivity index (χ3v) is 12.7. The molecule has 0 fully saturated rings. The fourth-order valence-electron chi connectivity index (χ4n) is 1.08. The molecule has 14 heavy (non-hydrogen) atoms. The lowest BCUT2D eigenvalue weighted by molar-refractivity contribution is 0.494. The highest BCUT2D eigenvalue weighted by atomic mass is 29.2. The molecular weight excluding hydrogens is 242 g/mol. The molecule has 80 valence electrons. The van der Waals surface area contributed by atoms with Gasteiger partial charge in [-0.1, -0.05) is 19.6 Å². The van der Waals surface area contributed by atoms with Crippen LogP contribution in [0.15, 0.2) is 0 Å². The average Bonchev–Trinajstić information content (AvgIpc) is 2.09. The highest BCUT2D eigenvalue weighted by Crippen LogP contribution is 2.13. The molecule has 0 aromatic heterocycles. The third-order valence-electron chi connectivity index (χ3n) is 1.87. The Morgan fingerprint density at radius 1 is 1.43 bits per heavy atom. The van der Waals surface area contributed by atoms with E-state index in [2.05, 4.69) is 35.4 Å². The summed E-state index contributed by atoms with van der Waals surface area (Å²) < 4.78 is 10.6. The van der Waals surface area contributed by atoms with Crippen LogP contribution in [0.2, 0.25) is 25.7 Å². The molecule has 0 aliphatic carbocycles. The van der Waals surface area contributed by atoms with Crippen LogP contribution >= 0.6 is 0 Å². The zero-order valence-electron chi connectivity index (χ0n) is 9.44. The van der Waals surface area contributed by atoms with Crippen molar-refractivity contribution in [1.82, 2.24) is 5.32 Å². The first kappa shape index (κ1) is 14.7. The molecule has 0 aromatic carbocycles. The third kappa shape index (κ3) is 7.09. The Kier molecular flexibility index (Phi) is 8.39. The fraction of sp³-hybridized carbons (Fsp3) is 1.00. The van der Waals surface area contributed by atoms with Crippen molar-refractivity contribution < 1.29 is 8.23 Å². The summed E-state index contributed by atoms with van der Waals surface area (Å²) in [4.78, 5) is 0. The smallest absolute Gasteiger partial charge is 0.409 e. The number of nitrogens with one attached hydrogen (secondary N) is 1. The van der Waals surface area contributed by atoms with Crippen LogP contribution in [0, 0.1) is 0 Å². The van der Waals surface area contributed by atoms with Crippen LogP contribution in [0.1, 0.15) is 6.42 Å². The van der Waals surface area contributed by atoms with Gasteiger partial charge in [0, 0.05) is 0 Å². The lowest BCUT2D eigenvalue weighted by Gasteiger charge is -2.26. The standard InChI is InChI=1S/C7H19NO2Si4/c1-8-6-5-7-13(10-12-9-11)14(2,3)4/h8H,5-7H2,1-4H3. The monoisotopic (exact) mass is 261 g/mol. The maximum absolute atomic E-state index is 5.80. The van der Waals surface area contributed by atoms with Gasteiger partial charge in [-0.15, -0.1) is 0 Å². The first-order chi connectivity index (χ1) is 6.52. The predicted molar refractivity (Wildman–Crippen MR) is 66.1 cm³/mol. The molecule has 0 bridgehead atoms. The van der Waals surface area contributed by atoms with Gasteiger partial charge in [0.2, 0.25) is 10.5 Å². The van der Waals surface area contributed by atoms with Crippen LogP contribution in [0.5, 0.6) is 0 Å². The molecule has 0 aromatic rings. The molecule has 0 amide bonds. The van der Waals surface area contributed by atoms with Gasteiger partial charge in [-0.3, -0.25) is 0 Å². The zero-order valence-corrected chi connectivity index (χ0v) is 13.4. The van der Waals surface area contributed by atoms with Crippen LogP contribution in [0.3, 0.4) is 0 Å². The van der Waals surface area contributed by atoms with E-state index in [1.165, 1.54) is 12.5 Å². The Balaban J connectivity index is 3.85. The lowest BCUT2D eigenvalue weighted by Crippen LogP contribution is -2.46. The van der Waals surface area contributed by atoms with Crippen molar-refractivity contribution in [3.05, 3.63) is 0 Å². The van der Waals surface area contributed by atoms with E-state index in [-0.39, 0.29) is 10.0 Å². The van der Waals surface area contributed by atoms with Gasteiger partial charge >= 0.3 is 10.0 Å². The summed E-state index contributed by atoms with van der Waals surface area (Å²) in [6.07, 6.45) is 1.21. The van der Waals surface area contributed by atoms with E-state index in [4.69, 9.17) is 8.23 Å². The van der Waals surface area contributed by atoms with Gasteiger partial charge in [0.15, 0.2) is 8.56 Å². The molecule has 0 atom stereocenters. The molecule has 0 spiro atoms. The van der Waals surface area contributed by atoms with E-state index in [0.717, 1.165) is 6.54 Å². The van der Waals surface area contributed by atoms with Gasteiger partial charge < -0.3 is 13.5 Å². The van der Waals surface area contributed by atoms with Crippen molar-refractivity contribution in [2.45, 2.75) is 32.1 Å².